The lowest BCUT2D eigenvalue weighted by Gasteiger charge is -2.31. The number of nitro groups is 2. The number of ether oxygens (including phenoxy) is 1. The number of piperidine rings is 1. The van der Waals surface area contributed by atoms with Crippen LogP contribution in [0.4, 0.5) is 21.5 Å². The minimum atomic E-state index is -0.901. The number of nitro benzene ring substituents is 1. The van der Waals surface area contributed by atoms with Gasteiger partial charge in [0, 0.05) is 19.2 Å². The fourth-order valence-corrected chi connectivity index (χ4v) is 3.74. The summed E-state index contributed by atoms with van der Waals surface area (Å²) in [7, 11) is 0. The number of benzene rings is 1. The zero-order valence-corrected chi connectivity index (χ0v) is 17.3. The van der Waals surface area contributed by atoms with E-state index in [4.69, 9.17) is 4.74 Å². The van der Waals surface area contributed by atoms with Gasteiger partial charge in [-0.2, -0.15) is 0 Å². The Labute approximate surface area is 180 Å². The lowest BCUT2D eigenvalue weighted by Crippen LogP contribution is -2.33. The van der Waals surface area contributed by atoms with E-state index in [-0.39, 0.29) is 21.4 Å². The van der Waals surface area contributed by atoms with E-state index in [2.05, 4.69) is 17.2 Å². The molecule has 3 rings (SSSR count). The number of anilines is 2. The molecule has 0 bridgehead atoms. The number of aromatic nitrogens is 1. The van der Waals surface area contributed by atoms with Gasteiger partial charge < -0.3 is 9.64 Å². The molecule has 1 aromatic carbocycles. The largest absolute Gasteiger partial charge is 0.452 e. The maximum absolute atomic E-state index is 12.3. The van der Waals surface area contributed by atoms with Crippen molar-refractivity contribution in [2.45, 2.75) is 19.8 Å². The quantitative estimate of drug-likeness (QED) is 0.381. The molecule has 0 atom stereocenters. The maximum Gasteiger partial charge on any atom is 0.345 e. The Hall–Kier alpha value is -3.61. The van der Waals surface area contributed by atoms with Crippen molar-refractivity contribution in [2.24, 2.45) is 5.92 Å². The second kappa shape index (κ2) is 9.47. The molecule has 1 aliphatic rings. The number of amides is 1. The normalized spacial score (nSPS) is 14.2. The molecule has 1 N–H and O–H groups in total. The summed E-state index contributed by atoms with van der Waals surface area (Å²) in [6.45, 7) is 2.85. The smallest absolute Gasteiger partial charge is 0.345 e. The van der Waals surface area contributed by atoms with Gasteiger partial charge in [0.15, 0.2) is 11.7 Å². The summed E-state index contributed by atoms with van der Waals surface area (Å²) in [6, 6.07) is 4.07. The van der Waals surface area contributed by atoms with Crippen LogP contribution in [0.15, 0.2) is 24.4 Å². The number of hydrogen-bond donors (Lipinski definition) is 1. The summed E-state index contributed by atoms with van der Waals surface area (Å²) in [4.78, 5) is 50.7. The molecule has 12 nitrogen and oxygen atoms in total. The molecule has 0 aliphatic carbocycles. The fraction of sp³-hybridized carbons (Fsp3) is 0.389. The first-order chi connectivity index (χ1) is 14.7. The van der Waals surface area contributed by atoms with E-state index in [1.165, 1.54) is 12.1 Å². The van der Waals surface area contributed by atoms with Gasteiger partial charge in [-0.05, 0) is 42.2 Å². The first-order valence-corrected chi connectivity index (χ1v) is 10.2. The monoisotopic (exact) mass is 449 g/mol. The Morgan fingerprint density at radius 1 is 1.26 bits per heavy atom. The predicted molar refractivity (Wildman–Crippen MR) is 111 cm³/mol. The Bertz CT molecular complexity index is 1020. The van der Waals surface area contributed by atoms with Gasteiger partial charge in [-0.25, -0.2) is 9.78 Å². The third kappa shape index (κ3) is 5.51. The van der Waals surface area contributed by atoms with Crippen LogP contribution in [0.5, 0.6) is 0 Å². The lowest BCUT2D eigenvalue weighted by molar-refractivity contribution is -0.384. The topological polar surface area (TPSA) is 158 Å². The summed E-state index contributed by atoms with van der Waals surface area (Å²) >= 11 is 0.658. The number of hydrogen-bond acceptors (Lipinski definition) is 10. The summed E-state index contributed by atoms with van der Waals surface area (Å²) in [5, 5.41) is 24.2. The van der Waals surface area contributed by atoms with Gasteiger partial charge >= 0.3 is 11.0 Å². The molecule has 1 fully saturated rings. The van der Waals surface area contributed by atoms with Crippen LogP contribution in [0.2, 0.25) is 0 Å². The van der Waals surface area contributed by atoms with Gasteiger partial charge in [-0.3, -0.25) is 30.3 Å². The van der Waals surface area contributed by atoms with Crippen molar-refractivity contribution in [1.29, 1.82) is 0 Å². The molecule has 0 unspecified atom stereocenters. The van der Waals surface area contributed by atoms with Crippen molar-refractivity contribution in [2.75, 3.05) is 29.9 Å². The SMILES string of the molecule is CC1CCN(c2ccc(C(=O)OCC(=O)Nc3ncc([N+](=O)[O-])s3)cc2[N+](=O)[O-])CC1. The van der Waals surface area contributed by atoms with Crippen molar-refractivity contribution in [3.8, 4) is 0 Å². The first-order valence-electron chi connectivity index (χ1n) is 9.35. The molecule has 1 saturated heterocycles. The predicted octanol–water partition coefficient (Wildman–Crippen LogP) is 2.99. The summed E-state index contributed by atoms with van der Waals surface area (Å²) in [5.41, 5.74) is 0.179. The van der Waals surface area contributed by atoms with Crippen molar-refractivity contribution < 1.29 is 24.2 Å². The van der Waals surface area contributed by atoms with Crippen LogP contribution >= 0.6 is 11.3 Å². The van der Waals surface area contributed by atoms with Crippen LogP contribution < -0.4 is 10.2 Å². The van der Waals surface area contributed by atoms with Gasteiger partial charge in [0.1, 0.15) is 11.9 Å². The van der Waals surface area contributed by atoms with Crippen molar-refractivity contribution in [3.05, 3.63) is 50.2 Å². The van der Waals surface area contributed by atoms with Crippen LogP contribution in [-0.4, -0.2) is 46.4 Å². The van der Waals surface area contributed by atoms with E-state index in [1.807, 2.05) is 4.90 Å². The average Bonchev–Trinajstić information content (AvgIpc) is 3.21. The molecule has 0 saturated carbocycles. The zero-order valence-electron chi connectivity index (χ0n) is 16.5. The van der Waals surface area contributed by atoms with Crippen LogP contribution in [0, 0.1) is 26.1 Å². The Morgan fingerprint density at radius 2 is 1.97 bits per heavy atom. The number of carbonyl (C=O) groups excluding carboxylic acids is 2. The van der Waals surface area contributed by atoms with E-state index in [0.29, 0.717) is 36.0 Å². The van der Waals surface area contributed by atoms with Gasteiger partial charge in [-0.1, -0.05) is 6.92 Å². The van der Waals surface area contributed by atoms with Gasteiger partial charge in [0.25, 0.3) is 11.6 Å². The van der Waals surface area contributed by atoms with Crippen molar-refractivity contribution >= 4 is 44.7 Å². The molecule has 1 aromatic heterocycles. The minimum absolute atomic E-state index is 0.0106. The molecular weight excluding hydrogens is 430 g/mol. The molecule has 2 aromatic rings. The highest BCUT2D eigenvalue weighted by Gasteiger charge is 2.25. The van der Waals surface area contributed by atoms with Gasteiger partial charge in [0.05, 0.1) is 15.4 Å². The maximum atomic E-state index is 12.3. The molecular formula is C18H19N5O7S. The van der Waals surface area contributed by atoms with E-state index < -0.39 is 28.3 Å². The van der Waals surface area contributed by atoms with Crippen LogP contribution in [0.1, 0.15) is 30.1 Å². The van der Waals surface area contributed by atoms with Gasteiger partial charge in [-0.15, -0.1) is 0 Å². The molecule has 2 heterocycles. The number of carbonyl (C=O) groups is 2. The highest BCUT2D eigenvalue weighted by molar-refractivity contribution is 7.18. The number of nitrogens with one attached hydrogen (secondary N) is 1. The molecule has 1 aliphatic heterocycles. The molecule has 0 radical (unpaired) electrons. The molecule has 164 valence electrons. The first kappa shape index (κ1) is 22.1. The number of thiazole rings is 1. The van der Waals surface area contributed by atoms with E-state index >= 15 is 0 Å². The van der Waals surface area contributed by atoms with Gasteiger partial charge in [0.2, 0.25) is 0 Å². The summed E-state index contributed by atoms with van der Waals surface area (Å²) in [6.07, 6.45) is 2.85. The van der Waals surface area contributed by atoms with E-state index in [9.17, 15) is 29.8 Å². The molecule has 0 spiro atoms. The second-order valence-corrected chi connectivity index (χ2v) is 8.02. The molecule has 31 heavy (non-hydrogen) atoms. The average molecular weight is 449 g/mol. The summed E-state index contributed by atoms with van der Waals surface area (Å²) in [5.74, 6) is -1.08. The summed E-state index contributed by atoms with van der Waals surface area (Å²) < 4.78 is 4.91. The number of rotatable bonds is 7. The minimum Gasteiger partial charge on any atom is -0.452 e. The Kier molecular flexibility index (Phi) is 6.74. The lowest BCUT2D eigenvalue weighted by atomic mass is 9.98. The number of esters is 1. The highest BCUT2D eigenvalue weighted by Crippen LogP contribution is 2.32. The van der Waals surface area contributed by atoms with E-state index in [0.717, 1.165) is 25.1 Å². The third-order valence-electron chi connectivity index (χ3n) is 4.79. The zero-order chi connectivity index (χ0) is 22.5. The second-order valence-electron chi connectivity index (χ2n) is 7.02. The molecule has 13 heteroatoms. The van der Waals surface area contributed by atoms with Crippen LogP contribution in [0.3, 0.4) is 0 Å². The van der Waals surface area contributed by atoms with Crippen molar-refractivity contribution in [1.82, 2.24) is 4.98 Å². The number of nitrogens with zero attached hydrogens (tertiary/aromatic N) is 4. The van der Waals surface area contributed by atoms with Crippen LogP contribution in [0.25, 0.3) is 0 Å². The van der Waals surface area contributed by atoms with E-state index in [1.54, 1.807) is 0 Å². The third-order valence-corrected chi connectivity index (χ3v) is 5.65. The highest BCUT2D eigenvalue weighted by atomic mass is 32.1. The standard InChI is InChI=1S/C18H19N5O7S/c1-11-4-6-21(7-5-11)13-3-2-12(8-14(13)22(26)27)17(25)30-10-15(24)20-18-19-9-16(31-18)23(28)29/h2-3,8-9,11H,4-7,10H2,1H3,(H,19,20,24). The van der Waals surface area contributed by atoms with Crippen molar-refractivity contribution in [3.63, 3.8) is 0 Å². The Morgan fingerprint density at radius 3 is 2.58 bits per heavy atom. The fourth-order valence-electron chi connectivity index (χ4n) is 3.09. The van der Waals surface area contributed by atoms with Crippen LogP contribution in [-0.2, 0) is 9.53 Å². The Balaban J connectivity index is 1.62. The molecule has 1 amide bonds.